The Labute approximate surface area is 161 Å². The fraction of sp³-hybridized carbons (Fsp3) is 0.591. The van der Waals surface area contributed by atoms with Crippen LogP contribution >= 0.6 is 0 Å². The number of anilines is 1. The number of nitrogens with zero attached hydrogens (tertiary/aromatic N) is 2. The van der Waals surface area contributed by atoms with Crippen LogP contribution in [-0.4, -0.2) is 42.2 Å². The van der Waals surface area contributed by atoms with Crippen LogP contribution in [0.1, 0.15) is 48.8 Å². The van der Waals surface area contributed by atoms with E-state index in [0.717, 1.165) is 36.7 Å². The van der Waals surface area contributed by atoms with Gasteiger partial charge >= 0.3 is 0 Å². The zero-order valence-corrected chi connectivity index (χ0v) is 16.2. The number of nitrogens with one attached hydrogen (secondary N) is 1. The highest BCUT2D eigenvalue weighted by molar-refractivity contribution is 5.88. The Bertz CT molecular complexity index is 841. The van der Waals surface area contributed by atoms with Crippen molar-refractivity contribution in [3.8, 4) is 5.75 Å². The maximum atomic E-state index is 6.14. The lowest BCUT2D eigenvalue weighted by Crippen LogP contribution is -2.22. The molecule has 2 aromatic rings. The molecule has 27 heavy (non-hydrogen) atoms. The Morgan fingerprint density at radius 3 is 2.81 bits per heavy atom. The molecule has 3 heterocycles. The fourth-order valence-electron chi connectivity index (χ4n) is 4.25. The number of rotatable bonds is 7. The first-order chi connectivity index (χ1) is 13.3. The van der Waals surface area contributed by atoms with Crippen molar-refractivity contribution in [2.45, 2.75) is 58.3 Å². The summed E-state index contributed by atoms with van der Waals surface area (Å²) in [6.45, 7) is 7.90. The summed E-state index contributed by atoms with van der Waals surface area (Å²) in [5.74, 6) is 1.98. The third kappa shape index (κ3) is 3.63. The van der Waals surface area contributed by atoms with Gasteiger partial charge < -0.3 is 19.7 Å². The minimum atomic E-state index is 0.589. The van der Waals surface area contributed by atoms with Gasteiger partial charge in [-0.1, -0.05) is 0 Å². The first-order valence-electron chi connectivity index (χ1n) is 10.4. The highest BCUT2D eigenvalue weighted by Crippen LogP contribution is 2.37. The molecule has 2 fully saturated rings. The fourth-order valence-corrected chi connectivity index (χ4v) is 4.25. The molecule has 3 aliphatic rings. The van der Waals surface area contributed by atoms with Gasteiger partial charge in [-0.3, -0.25) is 0 Å². The van der Waals surface area contributed by atoms with Crippen LogP contribution in [-0.2, 0) is 18.0 Å². The average Bonchev–Trinajstić information content (AvgIpc) is 3.12. The van der Waals surface area contributed by atoms with Crippen molar-refractivity contribution in [1.29, 1.82) is 0 Å². The van der Waals surface area contributed by atoms with Gasteiger partial charge in [0.15, 0.2) is 0 Å². The summed E-state index contributed by atoms with van der Waals surface area (Å²) in [5, 5.41) is 4.80. The second-order valence-corrected chi connectivity index (χ2v) is 8.21. The second-order valence-electron chi connectivity index (χ2n) is 8.21. The molecule has 1 aromatic heterocycles. The first kappa shape index (κ1) is 17.3. The molecule has 0 bridgehead atoms. The van der Waals surface area contributed by atoms with Gasteiger partial charge in [-0.2, -0.15) is 0 Å². The maximum Gasteiger partial charge on any atom is 0.132 e. The monoisotopic (exact) mass is 367 g/mol. The molecule has 5 nitrogen and oxygen atoms in total. The van der Waals surface area contributed by atoms with Crippen LogP contribution in [0.4, 0.5) is 5.82 Å². The van der Waals surface area contributed by atoms with E-state index in [1.54, 1.807) is 0 Å². The summed E-state index contributed by atoms with van der Waals surface area (Å²) in [6, 6.07) is 4.94. The molecule has 1 saturated carbocycles. The molecule has 5 rings (SSSR count). The maximum absolute atomic E-state index is 6.14. The molecule has 144 valence electrons. The van der Waals surface area contributed by atoms with Crippen molar-refractivity contribution in [3.63, 3.8) is 0 Å². The molecule has 0 unspecified atom stereocenters. The van der Waals surface area contributed by atoms with E-state index >= 15 is 0 Å². The average molecular weight is 367 g/mol. The van der Waals surface area contributed by atoms with Gasteiger partial charge in [-0.15, -0.1) is 0 Å². The molecular weight excluding hydrogens is 338 g/mol. The molecule has 5 heteroatoms. The molecular formula is C22H29N3O2. The van der Waals surface area contributed by atoms with E-state index in [1.807, 2.05) is 0 Å². The van der Waals surface area contributed by atoms with Gasteiger partial charge in [-0.05, 0) is 69.3 Å². The van der Waals surface area contributed by atoms with E-state index in [1.165, 1.54) is 60.8 Å². The van der Waals surface area contributed by atoms with E-state index in [9.17, 15) is 0 Å². The van der Waals surface area contributed by atoms with E-state index in [0.29, 0.717) is 19.3 Å². The van der Waals surface area contributed by atoms with Crippen LogP contribution in [0.5, 0.6) is 5.75 Å². The Balaban J connectivity index is 1.35. The molecule has 2 aliphatic heterocycles. The van der Waals surface area contributed by atoms with Crippen LogP contribution in [0.3, 0.4) is 0 Å². The van der Waals surface area contributed by atoms with Crippen molar-refractivity contribution in [2.24, 2.45) is 0 Å². The third-order valence-electron chi connectivity index (χ3n) is 5.99. The molecule has 0 amide bonds. The Hall–Kier alpha value is -1.85. The summed E-state index contributed by atoms with van der Waals surface area (Å²) in [4.78, 5) is 7.48. The van der Waals surface area contributed by atoms with Gasteiger partial charge in [0.25, 0.3) is 0 Å². The van der Waals surface area contributed by atoms with E-state index in [4.69, 9.17) is 14.5 Å². The van der Waals surface area contributed by atoms with E-state index in [-0.39, 0.29) is 0 Å². The summed E-state index contributed by atoms with van der Waals surface area (Å²) in [6.07, 6.45) is 6.27. The van der Waals surface area contributed by atoms with Crippen LogP contribution < -0.4 is 10.1 Å². The highest BCUT2D eigenvalue weighted by Gasteiger charge is 2.26. The molecule has 1 N–H and O–H groups in total. The largest absolute Gasteiger partial charge is 0.493 e. The predicted molar refractivity (Wildman–Crippen MR) is 107 cm³/mol. The van der Waals surface area contributed by atoms with Gasteiger partial charge in [0.05, 0.1) is 25.3 Å². The highest BCUT2D eigenvalue weighted by atomic mass is 16.5. The summed E-state index contributed by atoms with van der Waals surface area (Å²) < 4.78 is 11.9. The summed E-state index contributed by atoms with van der Waals surface area (Å²) in [5.41, 5.74) is 4.74. The third-order valence-corrected chi connectivity index (χ3v) is 5.99. The minimum Gasteiger partial charge on any atom is -0.493 e. The standard InChI is InChI=1S/C22H29N3O2/c1-15-11-17-18-13-26-14-19(18)22(23-16-5-6-16)24-20(17)12-21(15)27-10-4-9-25-7-2-3-8-25/h11-12,16H,2-10,13-14H2,1H3,(H,23,24). The van der Waals surface area contributed by atoms with Crippen molar-refractivity contribution in [2.75, 3.05) is 31.6 Å². The molecule has 1 aromatic carbocycles. The quantitative estimate of drug-likeness (QED) is 0.749. The summed E-state index contributed by atoms with van der Waals surface area (Å²) in [7, 11) is 0. The number of likely N-dealkylation sites (tertiary alicyclic amines) is 1. The Kier molecular flexibility index (Phi) is 4.66. The normalized spacial score (nSPS) is 19.6. The van der Waals surface area contributed by atoms with Crippen molar-refractivity contribution in [1.82, 2.24) is 9.88 Å². The van der Waals surface area contributed by atoms with Crippen LogP contribution in [0.25, 0.3) is 10.9 Å². The number of ether oxygens (including phenoxy) is 2. The molecule has 0 atom stereocenters. The smallest absolute Gasteiger partial charge is 0.132 e. The van der Waals surface area contributed by atoms with E-state index < -0.39 is 0 Å². The van der Waals surface area contributed by atoms with Gasteiger partial charge in [0.2, 0.25) is 0 Å². The Morgan fingerprint density at radius 2 is 2.00 bits per heavy atom. The van der Waals surface area contributed by atoms with E-state index in [2.05, 4.69) is 29.3 Å². The lowest BCUT2D eigenvalue weighted by Gasteiger charge is -2.16. The number of benzene rings is 1. The number of aromatic nitrogens is 1. The number of hydrogen-bond acceptors (Lipinski definition) is 5. The molecule has 1 aliphatic carbocycles. The Morgan fingerprint density at radius 1 is 1.19 bits per heavy atom. The number of aryl methyl sites for hydroxylation is 1. The minimum absolute atomic E-state index is 0.589. The van der Waals surface area contributed by atoms with Crippen molar-refractivity contribution < 1.29 is 9.47 Å². The van der Waals surface area contributed by atoms with Gasteiger partial charge in [-0.25, -0.2) is 4.98 Å². The zero-order valence-electron chi connectivity index (χ0n) is 16.2. The van der Waals surface area contributed by atoms with Crippen LogP contribution in [0.2, 0.25) is 0 Å². The topological polar surface area (TPSA) is 46.6 Å². The second kappa shape index (κ2) is 7.28. The summed E-state index contributed by atoms with van der Waals surface area (Å²) >= 11 is 0. The number of hydrogen-bond donors (Lipinski definition) is 1. The molecule has 1 saturated heterocycles. The van der Waals surface area contributed by atoms with Crippen molar-refractivity contribution >= 4 is 16.7 Å². The van der Waals surface area contributed by atoms with Gasteiger partial charge in [0.1, 0.15) is 11.6 Å². The SMILES string of the molecule is Cc1cc2c3c(c(NC4CC4)nc2cc1OCCCN1CCCC1)COC3. The molecule has 0 spiro atoms. The van der Waals surface area contributed by atoms with Crippen LogP contribution in [0.15, 0.2) is 12.1 Å². The lowest BCUT2D eigenvalue weighted by atomic mass is 10.0. The predicted octanol–water partition coefficient (Wildman–Crippen LogP) is 4.01. The lowest BCUT2D eigenvalue weighted by molar-refractivity contribution is 0.135. The number of fused-ring (bicyclic) bond motifs is 3. The molecule has 0 radical (unpaired) electrons. The van der Waals surface area contributed by atoms with Gasteiger partial charge in [0, 0.05) is 29.6 Å². The van der Waals surface area contributed by atoms with Crippen molar-refractivity contribution in [3.05, 3.63) is 28.8 Å². The van der Waals surface area contributed by atoms with Crippen LogP contribution in [0, 0.1) is 6.92 Å². The zero-order chi connectivity index (χ0) is 18.2. The first-order valence-corrected chi connectivity index (χ1v) is 10.4. The number of pyridine rings is 1.